The minimum absolute atomic E-state index is 0. The van der Waals surface area contributed by atoms with Crippen LogP contribution in [-0.2, 0) is 22.4 Å². The third kappa shape index (κ3) is 7.54. The average molecular weight is 617 g/mol. The Labute approximate surface area is 241 Å². The van der Waals surface area contributed by atoms with Crippen LogP contribution in [0.25, 0.3) is 5.69 Å². The van der Waals surface area contributed by atoms with Crippen molar-refractivity contribution in [1.82, 2.24) is 0 Å². The zero-order valence-corrected chi connectivity index (χ0v) is 24.6. The molecule has 4 rings (SSSR count). The minimum Gasteiger partial charge on any atom is -1.00 e. The number of pyridine rings is 1. The van der Waals surface area contributed by atoms with Crippen molar-refractivity contribution >= 4 is 46.5 Å². The maximum Gasteiger partial charge on any atom is 0.310 e. The van der Waals surface area contributed by atoms with E-state index < -0.39 is 0 Å². The predicted octanol–water partition coefficient (Wildman–Crippen LogP) is 3.66. The van der Waals surface area contributed by atoms with E-state index >= 15 is 0 Å². The van der Waals surface area contributed by atoms with Crippen molar-refractivity contribution in [2.24, 2.45) is 0 Å². The first kappa shape index (κ1) is 29.1. The molecule has 0 bridgehead atoms. The molecule has 0 aliphatic heterocycles. The SMILES string of the molecule is CCOC(=O)Cc1c(C(=O)c2ccc(Cl)cc2)sc(SCCc2ccccc2)c1-[n+]1ccc(C)cc1.[Br-]. The summed E-state index contributed by atoms with van der Waals surface area (Å²) in [5.74, 6) is 0.368. The number of ketones is 1. The molecule has 0 unspecified atom stereocenters. The summed E-state index contributed by atoms with van der Waals surface area (Å²) in [6.45, 7) is 4.10. The number of aryl methyl sites for hydroxylation is 2. The number of nitrogens with zero attached hydrogens (tertiary/aromatic N) is 1. The van der Waals surface area contributed by atoms with Gasteiger partial charge >= 0.3 is 5.97 Å². The molecule has 2 aromatic carbocycles. The number of rotatable bonds is 10. The van der Waals surface area contributed by atoms with E-state index in [2.05, 4.69) is 12.1 Å². The Morgan fingerprint density at radius 2 is 1.68 bits per heavy atom. The molecule has 0 N–H and O–H groups in total. The molecule has 0 fully saturated rings. The van der Waals surface area contributed by atoms with Crippen molar-refractivity contribution in [1.29, 1.82) is 0 Å². The van der Waals surface area contributed by atoms with Crippen molar-refractivity contribution in [2.75, 3.05) is 12.4 Å². The van der Waals surface area contributed by atoms with Crippen LogP contribution in [0, 0.1) is 6.92 Å². The maximum absolute atomic E-state index is 13.7. The van der Waals surface area contributed by atoms with Gasteiger partial charge in [0.05, 0.1) is 23.5 Å². The molecule has 0 spiro atoms. The van der Waals surface area contributed by atoms with Crippen LogP contribution in [0.5, 0.6) is 0 Å². The van der Waals surface area contributed by atoms with Gasteiger partial charge in [-0.05, 0) is 55.7 Å². The van der Waals surface area contributed by atoms with Gasteiger partial charge in [0.2, 0.25) is 11.5 Å². The second kappa shape index (κ2) is 13.9. The molecular weight excluding hydrogens is 590 g/mol. The number of thioether (sulfide) groups is 1. The number of hydrogen-bond acceptors (Lipinski definition) is 5. The van der Waals surface area contributed by atoms with Crippen LogP contribution in [0.3, 0.4) is 0 Å². The standard InChI is InChI=1S/C29H27ClNO3S2.BrH/c1-3-34-25(32)19-24-26(31-16-13-20(2)14-17-31)29(35-18-15-21-7-5-4-6-8-21)36-28(24)27(33)22-9-11-23(30)12-10-22;/h4-14,16-17H,3,15,18-19H2,1-2H3;1H/q+1;/p-1. The van der Waals surface area contributed by atoms with Gasteiger partial charge < -0.3 is 21.7 Å². The largest absolute Gasteiger partial charge is 1.00 e. The fourth-order valence-corrected chi connectivity index (χ4v) is 6.55. The zero-order chi connectivity index (χ0) is 25.5. The fraction of sp³-hybridized carbons (Fsp3) is 0.207. The summed E-state index contributed by atoms with van der Waals surface area (Å²) in [7, 11) is 0. The van der Waals surface area contributed by atoms with E-state index in [1.807, 2.05) is 54.2 Å². The van der Waals surface area contributed by atoms with Gasteiger partial charge in [-0.3, -0.25) is 9.59 Å². The monoisotopic (exact) mass is 615 g/mol. The predicted molar refractivity (Wildman–Crippen MR) is 147 cm³/mol. The number of aromatic nitrogens is 1. The lowest BCUT2D eigenvalue weighted by Gasteiger charge is -2.06. The molecule has 2 aromatic heterocycles. The van der Waals surface area contributed by atoms with Crippen molar-refractivity contribution in [3.8, 4) is 5.69 Å². The van der Waals surface area contributed by atoms with Crippen molar-refractivity contribution in [3.05, 3.63) is 111 Å². The Bertz CT molecular complexity index is 1340. The van der Waals surface area contributed by atoms with Crippen LogP contribution >= 0.6 is 34.7 Å². The lowest BCUT2D eigenvalue weighted by Crippen LogP contribution is -3.00. The Morgan fingerprint density at radius 1 is 1.00 bits per heavy atom. The van der Waals surface area contributed by atoms with Gasteiger partial charge in [-0.1, -0.05) is 41.9 Å². The zero-order valence-electron chi connectivity index (χ0n) is 20.6. The number of halogens is 2. The number of benzene rings is 2. The average Bonchev–Trinajstić information content (AvgIpc) is 3.23. The minimum atomic E-state index is -0.352. The number of carbonyl (C=O) groups excluding carboxylic acids is 2. The number of esters is 1. The number of ether oxygens (including phenoxy) is 1. The van der Waals surface area contributed by atoms with Gasteiger partial charge in [-0.25, -0.2) is 0 Å². The van der Waals surface area contributed by atoms with Gasteiger partial charge in [0.25, 0.3) is 0 Å². The van der Waals surface area contributed by atoms with Gasteiger partial charge in [0.1, 0.15) is 4.21 Å². The van der Waals surface area contributed by atoms with Crippen LogP contribution in [0.2, 0.25) is 5.02 Å². The second-order valence-electron chi connectivity index (χ2n) is 8.23. The molecule has 8 heteroatoms. The summed E-state index contributed by atoms with van der Waals surface area (Å²) < 4.78 is 8.28. The Balaban J connectivity index is 0.00000380. The second-order valence-corrected chi connectivity index (χ2v) is 11.1. The third-order valence-electron chi connectivity index (χ3n) is 5.61. The highest BCUT2D eigenvalue weighted by atomic mass is 79.9. The third-order valence-corrected chi connectivity index (χ3v) is 8.34. The molecule has 0 saturated carbocycles. The smallest absolute Gasteiger partial charge is 0.310 e. The summed E-state index contributed by atoms with van der Waals surface area (Å²) in [6, 6.07) is 21.2. The quantitative estimate of drug-likeness (QED) is 0.118. The summed E-state index contributed by atoms with van der Waals surface area (Å²) in [5, 5.41) is 0.567. The first-order valence-electron chi connectivity index (χ1n) is 11.7. The highest BCUT2D eigenvalue weighted by Gasteiger charge is 2.31. The highest BCUT2D eigenvalue weighted by Crippen LogP contribution is 2.39. The lowest BCUT2D eigenvalue weighted by atomic mass is 10.0. The summed E-state index contributed by atoms with van der Waals surface area (Å²) in [6.07, 6.45) is 4.87. The molecule has 0 aliphatic rings. The molecular formula is C29H27BrClNO3S2. The first-order chi connectivity index (χ1) is 17.5. The van der Waals surface area contributed by atoms with E-state index in [1.165, 1.54) is 16.9 Å². The number of thiophene rings is 1. The molecule has 0 amide bonds. The number of carbonyl (C=O) groups is 2. The number of hydrogen-bond donors (Lipinski definition) is 0. The summed E-state index contributed by atoms with van der Waals surface area (Å²) >= 11 is 9.19. The maximum atomic E-state index is 13.7. The van der Waals surface area contributed by atoms with E-state index in [4.69, 9.17) is 16.3 Å². The van der Waals surface area contributed by atoms with Crippen LogP contribution < -0.4 is 21.5 Å². The summed E-state index contributed by atoms with van der Waals surface area (Å²) in [5.41, 5.74) is 4.48. The molecule has 2 heterocycles. The Morgan fingerprint density at radius 3 is 2.32 bits per heavy atom. The molecule has 0 radical (unpaired) electrons. The first-order valence-corrected chi connectivity index (χ1v) is 13.9. The van der Waals surface area contributed by atoms with E-state index in [0.29, 0.717) is 21.0 Å². The van der Waals surface area contributed by atoms with Crippen LogP contribution in [0.4, 0.5) is 0 Å². The van der Waals surface area contributed by atoms with Crippen LogP contribution in [0.1, 0.15) is 38.8 Å². The normalized spacial score (nSPS) is 10.6. The van der Waals surface area contributed by atoms with E-state index in [1.54, 1.807) is 43.0 Å². The van der Waals surface area contributed by atoms with Crippen LogP contribution in [0.15, 0.2) is 83.3 Å². The van der Waals surface area contributed by atoms with Crippen LogP contribution in [-0.4, -0.2) is 24.1 Å². The molecule has 0 aliphatic carbocycles. The van der Waals surface area contributed by atoms with Gasteiger partial charge in [-0.2, -0.15) is 4.57 Å². The van der Waals surface area contributed by atoms with E-state index in [0.717, 1.165) is 27.6 Å². The van der Waals surface area contributed by atoms with E-state index in [-0.39, 0.29) is 41.8 Å². The van der Waals surface area contributed by atoms with Crippen molar-refractivity contribution in [3.63, 3.8) is 0 Å². The lowest BCUT2D eigenvalue weighted by molar-refractivity contribution is -0.598. The van der Waals surface area contributed by atoms with Gasteiger partial charge in [-0.15, -0.1) is 23.1 Å². The summed E-state index contributed by atoms with van der Waals surface area (Å²) in [4.78, 5) is 26.9. The molecule has 192 valence electrons. The Hall–Kier alpha value is -2.45. The van der Waals surface area contributed by atoms with Gasteiger partial charge in [0, 0.05) is 28.5 Å². The topological polar surface area (TPSA) is 47.3 Å². The van der Waals surface area contributed by atoms with Crippen molar-refractivity contribution in [2.45, 2.75) is 30.9 Å². The molecule has 4 nitrogen and oxygen atoms in total. The molecule has 37 heavy (non-hydrogen) atoms. The molecule has 0 atom stereocenters. The van der Waals surface area contributed by atoms with E-state index in [9.17, 15) is 9.59 Å². The Kier molecular flexibility index (Phi) is 10.9. The van der Waals surface area contributed by atoms with Gasteiger partial charge in [0.15, 0.2) is 12.4 Å². The molecule has 4 aromatic rings. The van der Waals surface area contributed by atoms with Crippen molar-refractivity contribution < 1.29 is 35.9 Å². The highest BCUT2D eigenvalue weighted by molar-refractivity contribution is 8.01. The fourth-order valence-electron chi connectivity index (χ4n) is 3.78. The molecule has 0 saturated heterocycles.